The van der Waals surface area contributed by atoms with Crippen molar-refractivity contribution in [2.24, 2.45) is 5.92 Å². The van der Waals surface area contributed by atoms with Gasteiger partial charge in [-0.3, -0.25) is 10.4 Å². The van der Waals surface area contributed by atoms with Crippen molar-refractivity contribution in [2.45, 2.75) is 38.6 Å². The molecule has 3 nitrogen and oxygen atoms in total. The van der Waals surface area contributed by atoms with Crippen molar-refractivity contribution < 1.29 is 0 Å². The minimum atomic E-state index is 0.482. The van der Waals surface area contributed by atoms with Crippen molar-refractivity contribution in [3.63, 3.8) is 0 Å². The molecule has 0 aliphatic heterocycles. The van der Waals surface area contributed by atoms with Crippen LogP contribution in [0.15, 0.2) is 24.5 Å². The summed E-state index contributed by atoms with van der Waals surface area (Å²) in [6.07, 6.45) is 9.93. The Morgan fingerprint density at radius 3 is 2.59 bits per heavy atom. The number of hydrogen-bond acceptors (Lipinski definition) is 2. The van der Waals surface area contributed by atoms with Crippen LogP contribution in [0.5, 0.6) is 0 Å². The minimum Gasteiger partial charge on any atom is -0.359 e. The molecule has 0 spiro atoms. The SMILES string of the molecule is CN(Cc1ccncc1)C(=N)C1CCCCC1. The van der Waals surface area contributed by atoms with E-state index in [0.717, 1.165) is 12.4 Å². The number of rotatable bonds is 3. The smallest absolute Gasteiger partial charge is 0.0989 e. The molecule has 1 aliphatic rings. The number of hydrogen-bond donors (Lipinski definition) is 1. The molecular weight excluding hydrogens is 210 g/mol. The number of pyridine rings is 1. The molecule has 1 aliphatic carbocycles. The third-order valence-electron chi connectivity index (χ3n) is 3.57. The van der Waals surface area contributed by atoms with Gasteiger partial charge >= 0.3 is 0 Å². The van der Waals surface area contributed by atoms with Crippen molar-refractivity contribution in [3.05, 3.63) is 30.1 Å². The van der Waals surface area contributed by atoms with Crippen LogP contribution in [0.1, 0.15) is 37.7 Å². The third kappa shape index (κ3) is 3.29. The molecule has 0 unspecified atom stereocenters. The van der Waals surface area contributed by atoms with Gasteiger partial charge in [-0.15, -0.1) is 0 Å². The van der Waals surface area contributed by atoms with E-state index in [4.69, 9.17) is 5.41 Å². The van der Waals surface area contributed by atoms with Crippen LogP contribution in [0.2, 0.25) is 0 Å². The summed E-state index contributed by atoms with van der Waals surface area (Å²) in [5.41, 5.74) is 1.23. The molecule has 2 rings (SSSR count). The molecule has 0 amide bonds. The maximum absolute atomic E-state index is 8.25. The Hall–Kier alpha value is -1.38. The Bertz CT molecular complexity index is 355. The maximum atomic E-state index is 8.25. The number of aromatic nitrogens is 1. The van der Waals surface area contributed by atoms with Crippen LogP contribution < -0.4 is 0 Å². The molecule has 1 saturated carbocycles. The monoisotopic (exact) mass is 231 g/mol. The molecule has 0 bridgehead atoms. The first-order valence-corrected chi connectivity index (χ1v) is 6.46. The zero-order valence-electron chi connectivity index (χ0n) is 10.5. The van der Waals surface area contributed by atoms with Crippen LogP contribution in [0.4, 0.5) is 0 Å². The van der Waals surface area contributed by atoms with Gasteiger partial charge < -0.3 is 4.90 Å². The molecule has 0 radical (unpaired) electrons. The predicted molar refractivity (Wildman–Crippen MR) is 70.0 cm³/mol. The molecule has 92 valence electrons. The van der Waals surface area contributed by atoms with Crippen LogP contribution in [0.3, 0.4) is 0 Å². The van der Waals surface area contributed by atoms with Crippen molar-refractivity contribution in [1.29, 1.82) is 5.41 Å². The molecule has 1 N–H and O–H groups in total. The number of amidine groups is 1. The van der Waals surface area contributed by atoms with E-state index in [2.05, 4.69) is 9.88 Å². The van der Waals surface area contributed by atoms with E-state index >= 15 is 0 Å². The van der Waals surface area contributed by atoms with E-state index < -0.39 is 0 Å². The first-order valence-electron chi connectivity index (χ1n) is 6.46. The lowest BCUT2D eigenvalue weighted by atomic mass is 9.88. The van der Waals surface area contributed by atoms with Gasteiger partial charge in [0.1, 0.15) is 0 Å². The first kappa shape index (κ1) is 12.1. The zero-order chi connectivity index (χ0) is 12.1. The summed E-state index contributed by atoms with van der Waals surface area (Å²) in [5.74, 6) is 1.29. The second kappa shape index (κ2) is 5.80. The second-order valence-corrected chi connectivity index (χ2v) is 4.93. The van der Waals surface area contributed by atoms with Gasteiger partial charge in [-0.25, -0.2) is 0 Å². The standard InChI is InChI=1S/C14H21N3/c1-17(11-12-7-9-16-10-8-12)14(15)13-5-3-2-4-6-13/h7-10,13,15H,2-6,11H2,1H3. The van der Waals surface area contributed by atoms with Gasteiger partial charge in [-0.05, 0) is 30.5 Å². The van der Waals surface area contributed by atoms with E-state index in [1.54, 1.807) is 0 Å². The Kier molecular flexibility index (Phi) is 4.13. The summed E-state index contributed by atoms with van der Waals surface area (Å²) in [6, 6.07) is 4.04. The van der Waals surface area contributed by atoms with E-state index in [-0.39, 0.29) is 0 Å². The number of nitrogens with one attached hydrogen (secondary N) is 1. The highest BCUT2D eigenvalue weighted by Crippen LogP contribution is 2.25. The van der Waals surface area contributed by atoms with Gasteiger partial charge in [0.2, 0.25) is 0 Å². The van der Waals surface area contributed by atoms with Gasteiger partial charge in [0.25, 0.3) is 0 Å². The van der Waals surface area contributed by atoms with Gasteiger partial charge in [0.05, 0.1) is 5.84 Å². The van der Waals surface area contributed by atoms with Crippen molar-refractivity contribution >= 4 is 5.84 Å². The number of nitrogens with zero attached hydrogens (tertiary/aromatic N) is 2. The van der Waals surface area contributed by atoms with Gasteiger partial charge in [0.15, 0.2) is 0 Å². The lowest BCUT2D eigenvalue weighted by molar-refractivity contribution is 0.382. The summed E-state index contributed by atoms with van der Waals surface area (Å²) in [4.78, 5) is 6.09. The Balaban J connectivity index is 1.90. The summed E-state index contributed by atoms with van der Waals surface area (Å²) in [6.45, 7) is 0.817. The fraction of sp³-hybridized carbons (Fsp3) is 0.571. The fourth-order valence-corrected chi connectivity index (χ4v) is 2.53. The van der Waals surface area contributed by atoms with E-state index in [1.807, 2.05) is 31.6 Å². The van der Waals surface area contributed by atoms with Gasteiger partial charge in [-0.1, -0.05) is 19.3 Å². The van der Waals surface area contributed by atoms with E-state index in [9.17, 15) is 0 Å². The summed E-state index contributed by atoms with van der Waals surface area (Å²) >= 11 is 0. The second-order valence-electron chi connectivity index (χ2n) is 4.93. The maximum Gasteiger partial charge on any atom is 0.0989 e. The normalized spacial score (nSPS) is 16.8. The molecular formula is C14H21N3. The molecule has 1 aromatic rings. The molecule has 1 aromatic heterocycles. The Morgan fingerprint density at radius 1 is 1.29 bits per heavy atom. The van der Waals surface area contributed by atoms with Crippen molar-refractivity contribution in [1.82, 2.24) is 9.88 Å². The Morgan fingerprint density at radius 2 is 1.94 bits per heavy atom. The molecule has 0 atom stereocenters. The van der Waals surface area contributed by atoms with Crippen LogP contribution in [-0.2, 0) is 6.54 Å². The van der Waals surface area contributed by atoms with Crippen LogP contribution in [0.25, 0.3) is 0 Å². The fourth-order valence-electron chi connectivity index (χ4n) is 2.53. The molecule has 0 saturated heterocycles. The molecule has 0 aromatic carbocycles. The average Bonchev–Trinajstić information content (AvgIpc) is 2.40. The zero-order valence-corrected chi connectivity index (χ0v) is 10.5. The highest BCUT2D eigenvalue weighted by atomic mass is 15.1. The Labute approximate surface area is 103 Å². The summed E-state index contributed by atoms with van der Waals surface area (Å²) in [5, 5.41) is 8.25. The average molecular weight is 231 g/mol. The molecule has 3 heteroatoms. The van der Waals surface area contributed by atoms with Crippen LogP contribution >= 0.6 is 0 Å². The quantitative estimate of drug-likeness (QED) is 0.641. The third-order valence-corrected chi connectivity index (χ3v) is 3.57. The minimum absolute atomic E-state index is 0.482. The first-order chi connectivity index (χ1) is 8.27. The van der Waals surface area contributed by atoms with Gasteiger partial charge in [-0.2, -0.15) is 0 Å². The highest BCUT2D eigenvalue weighted by Gasteiger charge is 2.20. The molecule has 1 fully saturated rings. The largest absolute Gasteiger partial charge is 0.359 e. The summed E-state index contributed by atoms with van der Waals surface area (Å²) in [7, 11) is 2.03. The highest BCUT2D eigenvalue weighted by molar-refractivity contribution is 5.81. The topological polar surface area (TPSA) is 40.0 Å². The van der Waals surface area contributed by atoms with Crippen LogP contribution in [-0.4, -0.2) is 22.8 Å². The van der Waals surface area contributed by atoms with Crippen LogP contribution in [0, 0.1) is 11.3 Å². The predicted octanol–water partition coefficient (Wildman–Crippen LogP) is 3.07. The lowest BCUT2D eigenvalue weighted by Crippen LogP contribution is -2.32. The van der Waals surface area contributed by atoms with Crippen molar-refractivity contribution in [3.8, 4) is 0 Å². The molecule has 1 heterocycles. The summed E-state index contributed by atoms with van der Waals surface area (Å²) < 4.78 is 0. The molecule has 17 heavy (non-hydrogen) atoms. The van der Waals surface area contributed by atoms with Crippen molar-refractivity contribution in [2.75, 3.05) is 7.05 Å². The lowest BCUT2D eigenvalue weighted by Gasteiger charge is -2.29. The van der Waals surface area contributed by atoms with E-state index in [1.165, 1.54) is 37.7 Å². The van der Waals surface area contributed by atoms with Gasteiger partial charge in [0, 0.05) is 31.9 Å². The van der Waals surface area contributed by atoms with E-state index in [0.29, 0.717) is 5.92 Å².